The highest BCUT2D eigenvalue weighted by atomic mass is 16.5. The molecule has 1 heterocycles. The number of amides is 2. The van der Waals surface area contributed by atoms with E-state index in [1.165, 1.54) is 0 Å². The molecule has 8 nitrogen and oxygen atoms in total. The van der Waals surface area contributed by atoms with Gasteiger partial charge in [-0.1, -0.05) is 0 Å². The van der Waals surface area contributed by atoms with E-state index in [1.54, 1.807) is 20.1 Å². The molecule has 0 spiro atoms. The monoisotopic (exact) mass is 298 g/mol. The Morgan fingerprint density at radius 3 is 2.81 bits per heavy atom. The van der Waals surface area contributed by atoms with Crippen LogP contribution in [0.1, 0.15) is 21.9 Å². The van der Waals surface area contributed by atoms with E-state index in [4.69, 9.17) is 15.0 Å². The summed E-state index contributed by atoms with van der Waals surface area (Å²) in [6.45, 7) is 3.45. The Hall–Kier alpha value is -1.90. The van der Waals surface area contributed by atoms with Gasteiger partial charge in [-0.05, 0) is 20.0 Å². The number of carbonyl (C=O) groups is 2. The third kappa shape index (κ3) is 5.54. The Labute approximate surface area is 123 Å². The van der Waals surface area contributed by atoms with Crippen molar-refractivity contribution < 1.29 is 18.7 Å². The predicted molar refractivity (Wildman–Crippen MR) is 76.3 cm³/mol. The van der Waals surface area contributed by atoms with Gasteiger partial charge in [0, 0.05) is 25.8 Å². The van der Waals surface area contributed by atoms with Crippen LogP contribution in [-0.4, -0.2) is 50.6 Å². The number of likely N-dealkylation sites (N-methyl/N-ethyl adjacent to an activating group) is 1. The molecule has 0 fully saturated rings. The molecular weight excluding hydrogens is 276 g/mol. The number of rotatable bonds is 8. The van der Waals surface area contributed by atoms with Crippen molar-refractivity contribution in [3.8, 4) is 0 Å². The molecule has 1 aromatic heterocycles. The number of aryl methyl sites for hydroxylation is 1. The average Bonchev–Trinajstić information content (AvgIpc) is 2.79. The molecule has 0 aliphatic heterocycles. The van der Waals surface area contributed by atoms with E-state index in [1.807, 2.05) is 17.4 Å². The van der Waals surface area contributed by atoms with Gasteiger partial charge in [0.2, 0.25) is 5.91 Å². The van der Waals surface area contributed by atoms with Crippen LogP contribution in [0.2, 0.25) is 0 Å². The van der Waals surface area contributed by atoms with Crippen molar-refractivity contribution in [1.29, 1.82) is 0 Å². The smallest absolute Gasteiger partial charge is 0.300 e. The van der Waals surface area contributed by atoms with E-state index < -0.39 is 5.91 Å². The maximum Gasteiger partial charge on any atom is 0.300 e. The molecule has 0 radical (unpaired) electrons. The molecule has 1 rings (SSSR count). The minimum Gasteiger partial charge on any atom is -0.456 e. The number of nitrogen functional groups attached to an aromatic ring is 1. The van der Waals surface area contributed by atoms with Crippen LogP contribution in [0.3, 0.4) is 0 Å². The standard InChI is InChI=1S/C13H22N4O4/c1-9-10(6-11(21-9)13(19)16-14)7-17(2)8-12(18)15-4-5-20-3/h6H,4-5,7-8,14H2,1-3H3,(H,15,18)(H,16,19). The van der Waals surface area contributed by atoms with Gasteiger partial charge in [0.15, 0.2) is 5.76 Å². The minimum atomic E-state index is -0.482. The first-order chi connectivity index (χ1) is 9.97. The van der Waals surface area contributed by atoms with Gasteiger partial charge in [0.05, 0.1) is 13.2 Å². The summed E-state index contributed by atoms with van der Waals surface area (Å²) >= 11 is 0. The Morgan fingerprint density at radius 2 is 2.19 bits per heavy atom. The Bertz CT molecular complexity index is 487. The quantitative estimate of drug-likeness (QED) is 0.255. The fourth-order valence-electron chi connectivity index (χ4n) is 1.80. The number of nitrogens with zero attached hydrogens (tertiary/aromatic N) is 1. The molecule has 118 valence electrons. The summed E-state index contributed by atoms with van der Waals surface area (Å²) in [5.74, 6) is 5.27. The summed E-state index contributed by atoms with van der Waals surface area (Å²) in [7, 11) is 3.39. The summed E-state index contributed by atoms with van der Waals surface area (Å²) in [4.78, 5) is 24.8. The normalized spacial score (nSPS) is 10.7. The number of hydrogen-bond acceptors (Lipinski definition) is 6. The second-order valence-electron chi connectivity index (χ2n) is 4.68. The zero-order valence-corrected chi connectivity index (χ0v) is 12.6. The van der Waals surface area contributed by atoms with E-state index in [0.29, 0.717) is 25.5 Å². The zero-order chi connectivity index (χ0) is 15.8. The second-order valence-corrected chi connectivity index (χ2v) is 4.68. The molecule has 0 aliphatic rings. The summed E-state index contributed by atoms with van der Waals surface area (Å²) < 4.78 is 10.2. The first-order valence-corrected chi connectivity index (χ1v) is 6.52. The SMILES string of the molecule is COCCNC(=O)CN(C)Cc1cc(C(=O)NN)oc1C. The summed E-state index contributed by atoms with van der Waals surface area (Å²) in [6, 6.07) is 1.62. The van der Waals surface area contributed by atoms with Crippen LogP contribution in [0.5, 0.6) is 0 Å². The van der Waals surface area contributed by atoms with Gasteiger partial charge >= 0.3 is 5.91 Å². The third-order valence-electron chi connectivity index (χ3n) is 2.86. The van der Waals surface area contributed by atoms with Gasteiger partial charge in [-0.25, -0.2) is 5.84 Å². The number of nitrogens with two attached hydrogens (primary N) is 1. The molecular formula is C13H22N4O4. The number of carbonyl (C=O) groups excluding carboxylic acids is 2. The Balaban J connectivity index is 2.51. The second kappa shape index (κ2) is 8.40. The van der Waals surface area contributed by atoms with Crippen molar-refractivity contribution >= 4 is 11.8 Å². The number of hydrazine groups is 1. The van der Waals surface area contributed by atoms with Crippen molar-refractivity contribution in [3.05, 3.63) is 23.2 Å². The first kappa shape index (κ1) is 17.2. The molecule has 0 aliphatic carbocycles. The van der Waals surface area contributed by atoms with E-state index in [0.717, 1.165) is 5.56 Å². The highest BCUT2D eigenvalue weighted by Crippen LogP contribution is 2.16. The lowest BCUT2D eigenvalue weighted by molar-refractivity contribution is -0.122. The highest BCUT2D eigenvalue weighted by molar-refractivity contribution is 5.91. The van der Waals surface area contributed by atoms with Crippen molar-refractivity contribution in [2.45, 2.75) is 13.5 Å². The van der Waals surface area contributed by atoms with Gasteiger partial charge < -0.3 is 14.5 Å². The fourth-order valence-corrected chi connectivity index (χ4v) is 1.80. The molecule has 0 saturated carbocycles. The lowest BCUT2D eigenvalue weighted by atomic mass is 10.2. The van der Waals surface area contributed by atoms with Gasteiger partial charge in [-0.3, -0.25) is 19.9 Å². The molecule has 0 aromatic carbocycles. The average molecular weight is 298 g/mol. The Morgan fingerprint density at radius 1 is 1.48 bits per heavy atom. The summed E-state index contributed by atoms with van der Waals surface area (Å²) in [5, 5.41) is 2.74. The molecule has 0 bridgehead atoms. The molecule has 4 N–H and O–H groups in total. The van der Waals surface area contributed by atoms with Crippen molar-refractivity contribution in [3.63, 3.8) is 0 Å². The molecule has 1 aromatic rings. The minimum absolute atomic E-state index is 0.0874. The van der Waals surface area contributed by atoms with Crippen LogP contribution >= 0.6 is 0 Å². The van der Waals surface area contributed by atoms with E-state index in [2.05, 4.69) is 5.32 Å². The highest BCUT2D eigenvalue weighted by Gasteiger charge is 2.15. The summed E-state index contributed by atoms with van der Waals surface area (Å²) in [6.07, 6.45) is 0. The van der Waals surface area contributed by atoms with Crippen LogP contribution in [-0.2, 0) is 16.1 Å². The number of hydrogen-bond donors (Lipinski definition) is 3. The molecule has 21 heavy (non-hydrogen) atoms. The van der Waals surface area contributed by atoms with E-state index in [-0.39, 0.29) is 18.2 Å². The lowest BCUT2D eigenvalue weighted by Crippen LogP contribution is -2.36. The lowest BCUT2D eigenvalue weighted by Gasteiger charge is -2.15. The number of ether oxygens (including phenoxy) is 1. The van der Waals surface area contributed by atoms with Crippen LogP contribution in [0.15, 0.2) is 10.5 Å². The number of methoxy groups -OCH3 is 1. The molecule has 0 atom stereocenters. The number of furan rings is 1. The van der Waals surface area contributed by atoms with Gasteiger partial charge in [-0.2, -0.15) is 0 Å². The van der Waals surface area contributed by atoms with Crippen LogP contribution in [0.25, 0.3) is 0 Å². The first-order valence-electron chi connectivity index (χ1n) is 6.52. The van der Waals surface area contributed by atoms with Crippen molar-refractivity contribution in [2.24, 2.45) is 5.84 Å². The summed E-state index contributed by atoms with van der Waals surface area (Å²) in [5.41, 5.74) is 2.85. The predicted octanol–water partition coefficient (Wildman–Crippen LogP) is -0.614. The van der Waals surface area contributed by atoms with Gasteiger partial charge in [0.25, 0.3) is 0 Å². The van der Waals surface area contributed by atoms with E-state index >= 15 is 0 Å². The van der Waals surface area contributed by atoms with Crippen molar-refractivity contribution in [2.75, 3.05) is 33.9 Å². The zero-order valence-electron chi connectivity index (χ0n) is 12.6. The van der Waals surface area contributed by atoms with Crippen LogP contribution in [0.4, 0.5) is 0 Å². The molecule has 8 heteroatoms. The van der Waals surface area contributed by atoms with Crippen LogP contribution < -0.4 is 16.6 Å². The number of nitrogens with one attached hydrogen (secondary N) is 2. The third-order valence-corrected chi connectivity index (χ3v) is 2.86. The largest absolute Gasteiger partial charge is 0.456 e. The Kier molecular flexibility index (Phi) is 6.86. The van der Waals surface area contributed by atoms with Gasteiger partial charge in [-0.15, -0.1) is 0 Å². The maximum absolute atomic E-state index is 11.7. The molecule has 2 amide bonds. The maximum atomic E-state index is 11.7. The van der Waals surface area contributed by atoms with Crippen LogP contribution in [0, 0.1) is 6.92 Å². The van der Waals surface area contributed by atoms with Crippen molar-refractivity contribution in [1.82, 2.24) is 15.6 Å². The topological polar surface area (TPSA) is 110 Å². The van der Waals surface area contributed by atoms with Gasteiger partial charge in [0.1, 0.15) is 5.76 Å². The fraction of sp³-hybridized carbons (Fsp3) is 0.538. The molecule has 0 unspecified atom stereocenters. The van der Waals surface area contributed by atoms with E-state index in [9.17, 15) is 9.59 Å². The molecule has 0 saturated heterocycles.